The van der Waals surface area contributed by atoms with Crippen molar-refractivity contribution in [1.29, 1.82) is 0 Å². The Morgan fingerprint density at radius 3 is 2.76 bits per heavy atom. The van der Waals surface area contributed by atoms with Gasteiger partial charge in [0.1, 0.15) is 5.82 Å². The summed E-state index contributed by atoms with van der Waals surface area (Å²) in [5.41, 5.74) is 0.0847. The molecule has 0 atom stereocenters. The molecular weight excluding hydrogens is 269 g/mol. The molecule has 0 bridgehead atoms. The standard InChI is InChI=1S/C9H7ClFN3O2S/c10-7-2-1-6(3-8(7)11)14-17(15,16)9-4-12-5-13-9/h1-5,14H,(H,12,13). The van der Waals surface area contributed by atoms with Gasteiger partial charge in [0.25, 0.3) is 10.0 Å². The number of hydrogen-bond donors (Lipinski definition) is 2. The minimum atomic E-state index is -3.78. The third-order valence-corrected chi connectivity index (χ3v) is 3.55. The molecule has 90 valence electrons. The second-order valence-corrected chi connectivity index (χ2v) is 5.21. The van der Waals surface area contributed by atoms with Crippen LogP contribution in [0.15, 0.2) is 35.7 Å². The number of aromatic nitrogens is 2. The number of H-pyrrole nitrogens is 1. The minimum absolute atomic E-state index is 0.0745. The zero-order chi connectivity index (χ0) is 12.5. The summed E-state index contributed by atoms with van der Waals surface area (Å²) in [4.78, 5) is 6.03. The van der Waals surface area contributed by atoms with Crippen LogP contribution in [0.3, 0.4) is 0 Å². The van der Waals surface area contributed by atoms with Crippen LogP contribution in [0.2, 0.25) is 5.02 Å². The summed E-state index contributed by atoms with van der Waals surface area (Å²) in [5, 5.41) is -0.178. The molecule has 1 aromatic carbocycles. The molecule has 0 radical (unpaired) electrons. The smallest absolute Gasteiger partial charge is 0.278 e. The summed E-state index contributed by atoms with van der Waals surface area (Å²) in [6.07, 6.45) is 2.38. The molecule has 1 aromatic heterocycles. The number of aromatic amines is 1. The molecule has 1 heterocycles. The number of anilines is 1. The highest BCUT2D eigenvalue weighted by molar-refractivity contribution is 7.92. The number of nitrogens with one attached hydrogen (secondary N) is 2. The maximum atomic E-state index is 13.1. The van der Waals surface area contributed by atoms with Gasteiger partial charge in [0.05, 0.1) is 23.2 Å². The summed E-state index contributed by atoms with van der Waals surface area (Å²) in [7, 11) is -3.78. The van der Waals surface area contributed by atoms with E-state index in [0.717, 1.165) is 12.3 Å². The van der Waals surface area contributed by atoms with E-state index in [9.17, 15) is 12.8 Å². The highest BCUT2D eigenvalue weighted by atomic mass is 35.5. The number of imidazole rings is 1. The molecule has 0 aliphatic rings. The van der Waals surface area contributed by atoms with E-state index in [2.05, 4.69) is 14.7 Å². The summed E-state index contributed by atoms with van der Waals surface area (Å²) >= 11 is 5.48. The number of rotatable bonds is 3. The van der Waals surface area contributed by atoms with Crippen LogP contribution in [0.4, 0.5) is 10.1 Å². The van der Waals surface area contributed by atoms with Gasteiger partial charge >= 0.3 is 0 Å². The van der Waals surface area contributed by atoms with Gasteiger partial charge in [0, 0.05) is 0 Å². The Hall–Kier alpha value is -1.60. The van der Waals surface area contributed by atoms with E-state index in [1.54, 1.807) is 0 Å². The molecule has 2 N–H and O–H groups in total. The maximum absolute atomic E-state index is 13.1. The molecule has 0 amide bonds. The molecule has 8 heteroatoms. The van der Waals surface area contributed by atoms with Gasteiger partial charge < -0.3 is 4.98 Å². The first kappa shape index (κ1) is 11.9. The van der Waals surface area contributed by atoms with Gasteiger partial charge in [-0.15, -0.1) is 0 Å². The third-order valence-electron chi connectivity index (χ3n) is 1.93. The van der Waals surface area contributed by atoms with Crippen molar-refractivity contribution in [3.63, 3.8) is 0 Å². The summed E-state index contributed by atoms with van der Waals surface area (Å²) < 4.78 is 38.7. The predicted molar refractivity (Wildman–Crippen MR) is 60.8 cm³/mol. The van der Waals surface area contributed by atoms with Gasteiger partial charge in [0.2, 0.25) is 0 Å². The van der Waals surface area contributed by atoms with Crippen molar-refractivity contribution in [3.05, 3.63) is 41.6 Å². The molecule has 0 saturated carbocycles. The first-order valence-electron chi connectivity index (χ1n) is 4.45. The molecule has 0 fully saturated rings. The Bertz CT molecular complexity index is 628. The van der Waals surface area contributed by atoms with Gasteiger partial charge in [0.15, 0.2) is 5.03 Å². The number of halogens is 2. The molecule has 0 aliphatic heterocycles. The molecule has 2 aromatic rings. The van der Waals surface area contributed by atoms with E-state index in [1.807, 2.05) is 0 Å². The lowest BCUT2D eigenvalue weighted by molar-refractivity contribution is 0.598. The van der Waals surface area contributed by atoms with Crippen molar-refractivity contribution in [2.75, 3.05) is 4.72 Å². The number of sulfonamides is 1. The van der Waals surface area contributed by atoms with E-state index >= 15 is 0 Å². The van der Waals surface area contributed by atoms with Crippen LogP contribution in [0.1, 0.15) is 0 Å². The highest BCUT2D eigenvalue weighted by Crippen LogP contribution is 2.20. The lowest BCUT2D eigenvalue weighted by Gasteiger charge is -2.06. The van der Waals surface area contributed by atoms with Crippen LogP contribution >= 0.6 is 11.6 Å². The monoisotopic (exact) mass is 275 g/mol. The quantitative estimate of drug-likeness (QED) is 0.900. The number of hydrogen-bond acceptors (Lipinski definition) is 3. The van der Waals surface area contributed by atoms with Gasteiger partial charge in [-0.25, -0.2) is 9.37 Å². The summed E-state index contributed by atoms with van der Waals surface area (Å²) in [6, 6.07) is 3.62. The Morgan fingerprint density at radius 2 is 2.18 bits per heavy atom. The Balaban J connectivity index is 2.30. The maximum Gasteiger partial charge on any atom is 0.278 e. The van der Waals surface area contributed by atoms with Gasteiger partial charge in [-0.3, -0.25) is 4.72 Å². The fourth-order valence-corrected chi connectivity index (χ4v) is 2.23. The average molecular weight is 276 g/mol. The van der Waals surface area contributed by atoms with Crippen molar-refractivity contribution in [2.24, 2.45) is 0 Å². The van der Waals surface area contributed by atoms with E-state index in [1.165, 1.54) is 18.5 Å². The lowest BCUT2D eigenvalue weighted by atomic mass is 10.3. The third kappa shape index (κ3) is 2.56. The minimum Gasteiger partial charge on any atom is -0.334 e. The van der Waals surface area contributed by atoms with Gasteiger partial charge in [-0.2, -0.15) is 8.42 Å². The second-order valence-electron chi connectivity index (χ2n) is 3.15. The van der Waals surface area contributed by atoms with Crippen LogP contribution < -0.4 is 4.72 Å². The normalized spacial score (nSPS) is 11.4. The summed E-state index contributed by atoms with van der Waals surface area (Å²) in [5.74, 6) is -0.698. The molecule has 2 rings (SSSR count). The first-order chi connectivity index (χ1) is 7.99. The molecule has 0 unspecified atom stereocenters. The van der Waals surface area contributed by atoms with Gasteiger partial charge in [-0.1, -0.05) is 11.6 Å². The fraction of sp³-hybridized carbons (Fsp3) is 0. The molecule has 17 heavy (non-hydrogen) atoms. The molecule has 0 spiro atoms. The Morgan fingerprint density at radius 1 is 1.41 bits per heavy atom. The van der Waals surface area contributed by atoms with Crippen LogP contribution in [0, 0.1) is 5.82 Å². The molecule has 0 saturated heterocycles. The molecule has 0 aliphatic carbocycles. The lowest BCUT2D eigenvalue weighted by Crippen LogP contribution is -2.13. The Kier molecular flexibility index (Phi) is 3.03. The van der Waals surface area contributed by atoms with E-state index in [0.29, 0.717) is 0 Å². The van der Waals surface area contributed by atoms with Crippen molar-refractivity contribution in [1.82, 2.24) is 9.97 Å². The SMILES string of the molecule is O=S(=O)(Nc1ccc(Cl)c(F)c1)c1cnc[nH]1. The highest BCUT2D eigenvalue weighted by Gasteiger charge is 2.16. The largest absolute Gasteiger partial charge is 0.334 e. The van der Waals surface area contributed by atoms with E-state index in [4.69, 9.17) is 11.6 Å². The van der Waals surface area contributed by atoms with Crippen LogP contribution in [0.25, 0.3) is 0 Å². The van der Waals surface area contributed by atoms with Crippen LogP contribution in [-0.2, 0) is 10.0 Å². The van der Waals surface area contributed by atoms with Gasteiger partial charge in [-0.05, 0) is 18.2 Å². The van der Waals surface area contributed by atoms with Crippen molar-refractivity contribution < 1.29 is 12.8 Å². The zero-order valence-corrected chi connectivity index (χ0v) is 9.89. The van der Waals surface area contributed by atoms with Crippen molar-refractivity contribution >= 4 is 27.3 Å². The number of benzene rings is 1. The topological polar surface area (TPSA) is 74.8 Å². The second kappa shape index (κ2) is 4.34. The molecule has 5 nitrogen and oxygen atoms in total. The van der Waals surface area contributed by atoms with Crippen molar-refractivity contribution in [3.8, 4) is 0 Å². The predicted octanol–water partition coefficient (Wildman–Crippen LogP) is 2.00. The van der Waals surface area contributed by atoms with Crippen molar-refractivity contribution in [2.45, 2.75) is 5.03 Å². The average Bonchev–Trinajstić information content (AvgIpc) is 2.77. The first-order valence-corrected chi connectivity index (χ1v) is 6.31. The number of nitrogens with zero attached hydrogens (tertiary/aromatic N) is 1. The van der Waals surface area contributed by atoms with E-state index < -0.39 is 15.8 Å². The van der Waals surface area contributed by atoms with Crippen LogP contribution in [0.5, 0.6) is 0 Å². The zero-order valence-electron chi connectivity index (χ0n) is 8.31. The van der Waals surface area contributed by atoms with E-state index in [-0.39, 0.29) is 15.7 Å². The molecular formula is C9H7ClFN3O2S. The Labute approximate surface area is 102 Å². The summed E-state index contributed by atoms with van der Waals surface area (Å²) in [6.45, 7) is 0. The fourth-order valence-electron chi connectivity index (χ4n) is 1.16. The van der Waals surface area contributed by atoms with Crippen LogP contribution in [-0.4, -0.2) is 18.4 Å².